The Balaban J connectivity index is 1.55. The Labute approximate surface area is 217 Å². The molecule has 2 aromatic heterocycles. The van der Waals surface area contributed by atoms with Gasteiger partial charge in [0.05, 0.1) is 20.8 Å². The molecule has 1 aliphatic carbocycles. The fourth-order valence-electron chi connectivity index (χ4n) is 4.72. The second-order valence-electron chi connectivity index (χ2n) is 9.46. The molecule has 0 bridgehead atoms. The van der Waals surface area contributed by atoms with Crippen LogP contribution in [0.2, 0.25) is 0 Å². The van der Waals surface area contributed by atoms with Crippen LogP contribution < -0.4 is 29.4 Å². The van der Waals surface area contributed by atoms with Crippen LogP contribution in [0.4, 0.5) is 5.95 Å². The van der Waals surface area contributed by atoms with Gasteiger partial charge in [0, 0.05) is 17.7 Å². The van der Waals surface area contributed by atoms with Crippen molar-refractivity contribution in [1.29, 1.82) is 0 Å². The number of anilines is 1. The third kappa shape index (κ3) is 6.06. The fourth-order valence-corrected chi connectivity index (χ4v) is 4.72. The molecular formula is C27H38N5O5+. The summed E-state index contributed by atoms with van der Waals surface area (Å²) >= 11 is 0. The van der Waals surface area contributed by atoms with Crippen molar-refractivity contribution in [1.82, 2.24) is 14.7 Å². The number of ether oxygens (including phenoxy) is 4. The van der Waals surface area contributed by atoms with Crippen LogP contribution in [0.3, 0.4) is 0 Å². The molecular weight excluding hydrogens is 474 g/mol. The molecule has 10 nitrogen and oxygen atoms in total. The minimum absolute atomic E-state index is 0.0722. The molecule has 0 spiro atoms. The fraction of sp³-hybridized carbons (Fsp3) is 0.556. The van der Waals surface area contributed by atoms with Gasteiger partial charge in [-0.05, 0) is 43.7 Å². The Hall–Kier alpha value is -3.56. The third-order valence-electron chi connectivity index (χ3n) is 6.95. The summed E-state index contributed by atoms with van der Waals surface area (Å²) < 4.78 is 26.1. The van der Waals surface area contributed by atoms with Crippen molar-refractivity contribution >= 4 is 17.4 Å². The maximum atomic E-state index is 13.3. The summed E-state index contributed by atoms with van der Waals surface area (Å²) in [4.78, 5) is 13.3. The van der Waals surface area contributed by atoms with E-state index in [0.29, 0.717) is 46.9 Å². The number of carbonyl (C=O) groups is 1. The van der Waals surface area contributed by atoms with Crippen LogP contribution >= 0.6 is 0 Å². The highest BCUT2D eigenvalue weighted by Crippen LogP contribution is 2.39. The SMILES string of the molecule is CCC(CC)Oc1ccc2n[n+](CC(=O)c3cc(OC)c(OC)c(OCC4CCCCC4)c3)c(N)n2n1. The lowest BCUT2D eigenvalue weighted by Gasteiger charge is -2.23. The van der Waals surface area contributed by atoms with Gasteiger partial charge < -0.3 is 18.9 Å². The van der Waals surface area contributed by atoms with Gasteiger partial charge in [0.15, 0.2) is 23.8 Å². The van der Waals surface area contributed by atoms with Gasteiger partial charge >= 0.3 is 5.95 Å². The summed E-state index contributed by atoms with van der Waals surface area (Å²) in [5, 5.41) is 8.93. The maximum absolute atomic E-state index is 13.3. The van der Waals surface area contributed by atoms with Crippen LogP contribution in [0, 0.1) is 5.92 Å². The number of fused-ring (bicyclic) bond motifs is 1. The van der Waals surface area contributed by atoms with Crippen molar-refractivity contribution in [3.63, 3.8) is 0 Å². The summed E-state index contributed by atoms with van der Waals surface area (Å²) in [5.41, 5.74) is 7.26. The summed E-state index contributed by atoms with van der Waals surface area (Å²) in [7, 11) is 3.10. The Bertz CT molecular complexity index is 1220. The Morgan fingerprint density at radius 3 is 2.51 bits per heavy atom. The molecule has 0 unspecified atom stereocenters. The summed E-state index contributed by atoms with van der Waals surface area (Å²) in [5.74, 6) is 2.40. The lowest BCUT2D eigenvalue weighted by atomic mass is 9.90. The number of nitrogen functional groups attached to an aromatic ring is 1. The van der Waals surface area contributed by atoms with Crippen molar-refractivity contribution in [3.8, 4) is 23.1 Å². The Kier molecular flexibility index (Phi) is 8.68. The van der Waals surface area contributed by atoms with Gasteiger partial charge in [0.2, 0.25) is 11.6 Å². The van der Waals surface area contributed by atoms with Gasteiger partial charge in [-0.25, -0.2) is 0 Å². The lowest BCUT2D eigenvalue weighted by molar-refractivity contribution is -0.723. The number of aromatic nitrogens is 4. The van der Waals surface area contributed by atoms with E-state index in [0.717, 1.165) is 25.7 Å². The second-order valence-corrected chi connectivity index (χ2v) is 9.46. The van der Waals surface area contributed by atoms with Crippen LogP contribution in [0.5, 0.6) is 23.1 Å². The molecule has 0 radical (unpaired) electrons. The van der Waals surface area contributed by atoms with E-state index in [9.17, 15) is 4.79 Å². The van der Waals surface area contributed by atoms with Crippen molar-refractivity contribution in [2.45, 2.75) is 71.4 Å². The standard InChI is InChI=1S/C27H37N5O5/c1-5-20(6-2)37-25-13-12-24-29-31(27(28)32(24)30-25)16-21(33)19-14-22(34-3)26(35-4)23(15-19)36-17-18-10-8-7-9-11-18/h12-15,18,20,28H,5-11,16-17H2,1-4H3/p+1. The molecule has 0 aliphatic heterocycles. The summed E-state index contributed by atoms with van der Waals surface area (Å²) in [6.07, 6.45) is 7.87. The van der Waals surface area contributed by atoms with Crippen molar-refractivity contribution in [2.24, 2.45) is 5.92 Å². The third-order valence-corrected chi connectivity index (χ3v) is 6.95. The number of ketones is 1. The number of hydrogen-bond acceptors (Lipinski definition) is 8. The highest BCUT2D eigenvalue weighted by molar-refractivity contribution is 5.96. The zero-order valence-electron chi connectivity index (χ0n) is 22.2. The number of Topliss-reactive ketones (excluding diaryl/α,β-unsaturated/α-hetero) is 1. The van der Waals surface area contributed by atoms with E-state index >= 15 is 0 Å². The largest absolute Gasteiger partial charge is 0.493 e. The van der Waals surface area contributed by atoms with E-state index in [-0.39, 0.29) is 24.4 Å². The van der Waals surface area contributed by atoms with Crippen molar-refractivity contribution in [2.75, 3.05) is 26.6 Å². The van der Waals surface area contributed by atoms with Gasteiger partial charge in [-0.3, -0.25) is 10.5 Å². The number of rotatable bonds is 12. The number of methoxy groups -OCH3 is 2. The quantitative estimate of drug-likeness (QED) is 0.286. The minimum Gasteiger partial charge on any atom is -0.493 e. The zero-order valence-corrected chi connectivity index (χ0v) is 22.2. The van der Waals surface area contributed by atoms with Crippen molar-refractivity contribution < 1.29 is 28.4 Å². The molecule has 4 rings (SSSR count). The topological polar surface area (TPSA) is 114 Å². The van der Waals surface area contributed by atoms with E-state index in [2.05, 4.69) is 24.0 Å². The molecule has 1 saturated carbocycles. The summed E-state index contributed by atoms with van der Waals surface area (Å²) in [6.45, 7) is 4.64. The molecule has 37 heavy (non-hydrogen) atoms. The highest BCUT2D eigenvalue weighted by Gasteiger charge is 2.24. The minimum atomic E-state index is -0.197. The molecule has 0 atom stereocenters. The smallest absolute Gasteiger partial charge is 0.401 e. The first-order valence-corrected chi connectivity index (χ1v) is 13.1. The lowest BCUT2D eigenvalue weighted by Crippen LogP contribution is -2.42. The predicted molar refractivity (Wildman–Crippen MR) is 139 cm³/mol. The average Bonchev–Trinajstić information content (AvgIpc) is 3.24. The van der Waals surface area contributed by atoms with E-state index < -0.39 is 0 Å². The van der Waals surface area contributed by atoms with E-state index in [1.807, 2.05) is 0 Å². The molecule has 200 valence electrons. The first-order chi connectivity index (χ1) is 18.0. The molecule has 0 amide bonds. The Morgan fingerprint density at radius 1 is 1.11 bits per heavy atom. The van der Waals surface area contributed by atoms with Crippen LogP contribution in [-0.4, -0.2) is 47.4 Å². The normalized spacial score (nSPS) is 14.2. The molecule has 2 heterocycles. The molecule has 3 aromatic rings. The second kappa shape index (κ2) is 12.1. The van der Waals surface area contributed by atoms with Crippen LogP contribution in [0.1, 0.15) is 69.2 Å². The molecule has 1 fully saturated rings. The van der Waals surface area contributed by atoms with Crippen LogP contribution in [0.15, 0.2) is 24.3 Å². The molecule has 1 aliphatic rings. The monoisotopic (exact) mass is 512 g/mol. The van der Waals surface area contributed by atoms with E-state index in [1.54, 1.807) is 38.5 Å². The predicted octanol–water partition coefficient (Wildman–Crippen LogP) is 4.03. The van der Waals surface area contributed by atoms with Crippen LogP contribution in [-0.2, 0) is 6.54 Å². The van der Waals surface area contributed by atoms with E-state index in [1.165, 1.54) is 28.5 Å². The van der Waals surface area contributed by atoms with Gasteiger partial charge in [0.25, 0.3) is 5.65 Å². The molecule has 0 saturated heterocycles. The van der Waals surface area contributed by atoms with Gasteiger partial charge in [-0.2, -0.15) is 0 Å². The number of hydrogen-bond donors (Lipinski definition) is 1. The van der Waals surface area contributed by atoms with Crippen molar-refractivity contribution in [3.05, 3.63) is 29.8 Å². The highest BCUT2D eigenvalue weighted by atomic mass is 16.5. The number of carbonyl (C=O) groups excluding carboxylic acids is 1. The van der Waals surface area contributed by atoms with Gasteiger partial charge in [0.1, 0.15) is 6.10 Å². The molecule has 2 N–H and O–H groups in total. The average molecular weight is 513 g/mol. The summed E-state index contributed by atoms with van der Waals surface area (Å²) in [6, 6.07) is 6.89. The first-order valence-electron chi connectivity index (χ1n) is 13.1. The number of nitrogens with zero attached hydrogens (tertiary/aromatic N) is 4. The Morgan fingerprint density at radius 2 is 1.84 bits per heavy atom. The number of nitrogens with two attached hydrogens (primary N) is 1. The zero-order chi connectivity index (χ0) is 26.4. The number of benzene rings is 1. The maximum Gasteiger partial charge on any atom is 0.401 e. The molecule has 10 heteroatoms. The molecule has 1 aromatic carbocycles. The first kappa shape index (κ1) is 26.5. The van der Waals surface area contributed by atoms with E-state index in [4.69, 9.17) is 24.7 Å². The van der Waals surface area contributed by atoms with Gasteiger partial charge in [-0.1, -0.05) is 47.8 Å². The van der Waals surface area contributed by atoms with Crippen LogP contribution in [0.25, 0.3) is 5.65 Å². The van der Waals surface area contributed by atoms with Gasteiger partial charge in [-0.15, -0.1) is 4.68 Å².